The Labute approximate surface area is 108 Å². The molecule has 0 aliphatic rings. The van der Waals surface area contributed by atoms with Crippen LogP contribution in [-0.4, -0.2) is 16.3 Å². The molecule has 17 heavy (non-hydrogen) atoms. The summed E-state index contributed by atoms with van der Waals surface area (Å²) in [5, 5.41) is 7.78. The summed E-state index contributed by atoms with van der Waals surface area (Å²) in [4.78, 5) is 1.01. The first-order valence-electron chi connectivity index (χ1n) is 5.15. The quantitative estimate of drug-likeness (QED) is 0.863. The van der Waals surface area contributed by atoms with Gasteiger partial charge in [0.05, 0.1) is 6.10 Å². The van der Waals surface area contributed by atoms with Crippen LogP contribution in [-0.2, 0) is 0 Å². The lowest BCUT2D eigenvalue weighted by Crippen LogP contribution is -2.05. The van der Waals surface area contributed by atoms with Gasteiger partial charge in [-0.05, 0) is 26.0 Å². The molecule has 0 aliphatic heterocycles. The van der Waals surface area contributed by atoms with Crippen molar-refractivity contribution < 1.29 is 4.74 Å². The van der Waals surface area contributed by atoms with E-state index in [1.807, 2.05) is 32.0 Å². The van der Waals surface area contributed by atoms with Gasteiger partial charge < -0.3 is 10.5 Å². The van der Waals surface area contributed by atoms with Crippen molar-refractivity contribution in [3.8, 4) is 5.75 Å². The van der Waals surface area contributed by atoms with Crippen LogP contribution in [0, 0.1) is 0 Å². The number of nitrogens with zero attached hydrogens (tertiary/aromatic N) is 2. The van der Waals surface area contributed by atoms with Gasteiger partial charge in [0.25, 0.3) is 0 Å². The molecule has 0 atom stereocenters. The van der Waals surface area contributed by atoms with Gasteiger partial charge in [-0.3, -0.25) is 0 Å². The lowest BCUT2D eigenvalue weighted by atomic mass is 10.3. The molecule has 1 heterocycles. The number of nitrogens with two attached hydrogens (primary N) is 1. The van der Waals surface area contributed by atoms with E-state index in [9.17, 15) is 0 Å². The zero-order chi connectivity index (χ0) is 12.3. The Kier molecular flexibility index (Phi) is 3.86. The van der Waals surface area contributed by atoms with E-state index in [0.717, 1.165) is 15.0 Å². The molecule has 90 valence electrons. The van der Waals surface area contributed by atoms with Crippen molar-refractivity contribution in [1.29, 1.82) is 0 Å². The van der Waals surface area contributed by atoms with E-state index in [0.29, 0.717) is 5.69 Å². The average Bonchev–Trinajstić information content (AvgIpc) is 2.67. The van der Waals surface area contributed by atoms with E-state index >= 15 is 0 Å². The summed E-state index contributed by atoms with van der Waals surface area (Å²) in [7, 11) is 0. The van der Waals surface area contributed by atoms with Crippen molar-refractivity contribution in [3.63, 3.8) is 0 Å². The number of anilines is 1. The van der Waals surface area contributed by atoms with Crippen LogP contribution >= 0.6 is 23.1 Å². The molecular formula is C11H13N3OS2. The Morgan fingerprint density at radius 1 is 1.35 bits per heavy atom. The summed E-state index contributed by atoms with van der Waals surface area (Å²) in [6.45, 7) is 3.97. The molecule has 0 unspecified atom stereocenters. The van der Waals surface area contributed by atoms with Crippen LogP contribution in [0.25, 0.3) is 0 Å². The number of benzene rings is 1. The molecule has 0 radical (unpaired) electrons. The molecule has 0 saturated carbocycles. The van der Waals surface area contributed by atoms with Gasteiger partial charge in [0.2, 0.25) is 0 Å². The van der Waals surface area contributed by atoms with Gasteiger partial charge in [-0.2, -0.15) is 0 Å². The van der Waals surface area contributed by atoms with Crippen molar-refractivity contribution in [2.45, 2.75) is 29.2 Å². The fraction of sp³-hybridized carbons (Fsp3) is 0.273. The van der Waals surface area contributed by atoms with Crippen LogP contribution in [0.2, 0.25) is 0 Å². The van der Waals surface area contributed by atoms with Crippen molar-refractivity contribution in [1.82, 2.24) is 10.2 Å². The first-order valence-corrected chi connectivity index (χ1v) is 6.84. The van der Waals surface area contributed by atoms with Crippen LogP contribution in [0.1, 0.15) is 13.8 Å². The summed E-state index contributed by atoms with van der Waals surface area (Å²) in [6, 6.07) is 5.69. The smallest absolute Gasteiger partial charge is 0.178 e. The van der Waals surface area contributed by atoms with E-state index in [2.05, 4.69) is 10.2 Å². The maximum atomic E-state index is 5.84. The molecular weight excluding hydrogens is 254 g/mol. The Morgan fingerprint density at radius 2 is 2.18 bits per heavy atom. The van der Waals surface area contributed by atoms with Crippen LogP contribution in [0.4, 0.5) is 5.69 Å². The second-order valence-corrected chi connectivity index (χ2v) is 5.86. The van der Waals surface area contributed by atoms with Gasteiger partial charge in [-0.15, -0.1) is 10.2 Å². The van der Waals surface area contributed by atoms with Crippen molar-refractivity contribution in [2.75, 3.05) is 5.73 Å². The van der Waals surface area contributed by atoms with Gasteiger partial charge in [0.1, 0.15) is 11.3 Å². The molecule has 2 rings (SSSR count). The first-order chi connectivity index (χ1) is 8.13. The number of aromatic nitrogens is 2. The van der Waals surface area contributed by atoms with E-state index < -0.39 is 0 Å². The van der Waals surface area contributed by atoms with Gasteiger partial charge in [-0.25, -0.2) is 0 Å². The average molecular weight is 267 g/mol. The fourth-order valence-electron chi connectivity index (χ4n) is 1.30. The Balaban J connectivity index is 2.19. The predicted molar refractivity (Wildman–Crippen MR) is 70.7 cm³/mol. The maximum absolute atomic E-state index is 5.84. The molecule has 1 aromatic carbocycles. The van der Waals surface area contributed by atoms with Crippen LogP contribution < -0.4 is 10.5 Å². The highest BCUT2D eigenvalue weighted by Gasteiger charge is 2.05. The lowest BCUT2D eigenvalue weighted by Gasteiger charge is -2.11. The molecule has 0 aliphatic carbocycles. The molecule has 2 aromatic rings. The van der Waals surface area contributed by atoms with Gasteiger partial charge in [0.15, 0.2) is 4.34 Å². The third kappa shape index (κ3) is 3.61. The monoisotopic (exact) mass is 267 g/mol. The molecule has 0 fully saturated rings. The molecule has 4 nitrogen and oxygen atoms in total. The van der Waals surface area contributed by atoms with Crippen LogP contribution in [0.15, 0.2) is 32.9 Å². The normalized spacial score (nSPS) is 10.8. The zero-order valence-corrected chi connectivity index (χ0v) is 11.2. The second kappa shape index (κ2) is 5.37. The van der Waals surface area contributed by atoms with Crippen molar-refractivity contribution in [2.24, 2.45) is 0 Å². The van der Waals surface area contributed by atoms with Gasteiger partial charge in [-0.1, -0.05) is 23.1 Å². The predicted octanol–water partition coefficient (Wildman–Crippen LogP) is 3.06. The molecule has 0 bridgehead atoms. The zero-order valence-electron chi connectivity index (χ0n) is 9.58. The molecule has 0 saturated heterocycles. The number of rotatable bonds is 4. The van der Waals surface area contributed by atoms with Crippen molar-refractivity contribution in [3.05, 3.63) is 23.7 Å². The minimum absolute atomic E-state index is 0.135. The Bertz CT molecular complexity index is 485. The highest BCUT2D eigenvalue weighted by molar-refractivity contribution is 8.01. The number of hydrogen-bond acceptors (Lipinski definition) is 6. The Hall–Kier alpha value is -1.27. The molecule has 2 N–H and O–H groups in total. The summed E-state index contributed by atoms with van der Waals surface area (Å²) in [6.07, 6.45) is 0.135. The number of ether oxygens (including phenoxy) is 1. The molecule has 6 heteroatoms. The topological polar surface area (TPSA) is 61.0 Å². The minimum Gasteiger partial charge on any atom is -0.491 e. The largest absolute Gasteiger partial charge is 0.491 e. The standard InChI is InChI=1S/C11H13N3OS2/c1-7(2)15-9-3-8(12)4-10(5-9)17-11-14-13-6-16-11/h3-7H,12H2,1-2H3. The number of nitrogen functional groups attached to an aromatic ring is 1. The summed E-state index contributed by atoms with van der Waals surface area (Å²) >= 11 is 3.04. The molecule has 0 amide bonds. The molecule has 1 aromatic heterocycles. The summed E-state index contributed by atoms with van der Waals surface area (Å²) < 4.78 is 6.52. The SMILES string of the molecule is CC(C)Oc1cc(N)cc(Sc2nncs2)c1. The summed E-state index contributed by atoms with van der Waals surface area (Å²) in [5.74, 6) is 0.784. The van der Waals surface area contributed by atoms with E-state index in [1.54, 1.807) is 5.51 Å². The van der Waals surface area contributed by atoms with E-state index in [1.165, 1.54) is 23.1 Å². The minimum atomic E-state index is 0.135. The highest BCUT2D eigenvalue weighted by Crippen LogP contribution is 2.32. The lowest BCUT2D eigenvalue weighted by molar-refractivity contribution is 0.242. The highest BCUT2D eigenvalue weighted by atomic mass is 32.2. The van der Waals surface area contributed by atoms with Crippen LogP contribution in [0.5, 0.6) is 5.75 Å². The molecule has 0 spiro atoms. The number of hydrogen-bond donors (Lipinski definition) is 1. The first kappa shape index (κ1) is 12.2. The van der Waals surface area contributed by atoms with Gasteiger partial charge in [0, 0.05) is 16.6 Å². The summed E-state index contributed by atoms with van der Waals surface area (Å²) in [5.41, 5.74) is 8.24. The van der Waals surface area contributed by atoms with E-state index in [4.69, 9.17) is 10.5 Å². The van der Waals surface area contributed by atoms with Crippen LogP contribution in [0.3, 0.4) is 0 Å². The van der Waals surface area contributed by atoms with E-state index in [-0.39, 0.29) is 6.10 Å². The van der Waals surface area contributed by atoms with Gasteiger partial charge >= 0.3 is 0 Å². The maximum Gasteiger partial charge on any atom is 0.178 e. The third-order valence-corrected chi connectivity index (χ3v) is 3.57. The Morgan fingerprint density at radius 3 is 2.82 bits per heavy atom. The second-order valence-electron chi connectivity index (χ2n) is 3.71. The fourth-order valence-corrected chi connectivity index (χ4v) is 2.85. The third-order valence-electron chi connectivity index (χ3n) is 1.82. The van der Waals surface area contributed by atoms with Crippen molar-refractivity contribution >= 4 is 28.8 Å².